The fourth-order valence-electron chi connectivity index (χ4n) is 6.24. The van der Waals surface area contributed by atoms with Gasteiger partial charge in [0.15, 0.2) is 5.79 Å². The summed E-state index contributed by atoms with van der Waals surface area (Å²) in [6.45, 7) is 22.3. The van der Waals surface area contributed by atoms with Gasteiger partial charge in [0.1, 0.15) is 0 Å². The minimum Gasteiger partial charge on any atom is -0.349 e. The molecule has 0 unspecified atom stereocenters. The molecule has 0 amide bonds. The lowest BCUT2D eigenvalue weighted by Crippen LogP contribution is -2.42. The minimum absolute atomic E-state index is 0.0851. The van der Waals surface area contributed by atoms with Crippen molar-refractivity contribution in [3.05, 3.63) is 130 Å². The lowest BCUT2D eigenvalue weighted by Gasteiger charge is -2.43. The van der Waals surface area contributed by atoms with Crippen molar-refractivity contribution in [3.63, 3.8) is 0 Å². The molecule has 0 radical (unpaired) electrons. The molecule has 2 rings (SSSR count). The first kappa shape index (κ1) is 37.2. The molecule has 0 heterocycles. The van der Waals surface area contributed by atoms with E-state index in [-0.39, 0.29) is 10.8 Å². The van der Waals surface area contributed by atoms with Gasteiger partial charge in [0, 0.05) is 20.6 Å². The van der Waals surface area contributed by atoms with Crippen LogP contribution in [0.2, 0.25) is 0 Å². The highest BCUT2D eigenvalue weighted by atomic mass is 16.7. The smallest absolute Gasteiger partial charge is 0.190 e. The van der Waals surface area contributed by atoms with E-state index in [1.165, 1.54) is 52.7 Å². The Balaban J connectivity index is 1.96. The van der Waals surface area contributed by atoms with Crippen LogP contribution in [0.5, 0.6) is 0 Å². The second-order valence-corrected chi connectivity index (χ2v) is 13.9. The first-order valence-corrected chi connectivity index (χ1v) is 16.3. The van der Waals surface area contributed by atoms with E-state index in [1.54, 1.807) is 19.8 Å². The van der Waals surface area contributed by atoms with Crippen molar-refractivity contribution in [3.8, 4) is 0 Å². The highest BCUT2D eigenvalue weighted by Crippen LogP contribution is 2.47. The number of methoxy groups -OCH3 is 2. The lowest BCUT2D eigenvalue weighted by atomic mass is 9.70. The molecular formula is C42H60O2. The summed E-state index contributed by atoms with van der Waals surface area (Å²) < 4.78 is 11.6. The van der Waals surface area contributed by atoms with Gasteiger partial charge in [0.05, 0.1) is 0 Å². The van der Waals surface area contributed by atoms with Gasteiger partial charge in [-0.05, 0) is 94.8 Å². The molecule has 0 bridgehead atoms. The Labute approximate surface area is 270 Å². The van der Waals surface area contributed by atoms with Gasteiger partial charge in [-0.25, -0.2) is 0 Å². The molecule has 0 N–H and O–H groups in total. The summed E-state index contributed by atoms with van der Waals surface area (Å²) in [5.74, 6) is -0.622. The predicted molar refractivity (Wildman–Crippen MR) is 194 cm³/mol. The molecule has 2 nitrogen and oxygen atoms in total. The molecule has 2 aliphatic rings. The molecule has 0 aromatic heterocycles. The maximum absolute atomic E-state index is 5.81. The van der Waals surface area contributed by atoms with Crippen LogP contribution in [0.3, 0.4) is 0 Å². The molecule has 0 saturated heterocycles. The van der Waals surface area contributed by atoms with Crippen molar-refractivity contribution in [2.45, 2.75) is 107 Å². The summed E-state index contributed by atoms with van der Waals surface area (Å²) in [7, 11) is 3.47. The van der Waals surface area contributed by atoms with Gasteiger partial charge < -0.3 is 9.47 Å². The molecule has 0 aliphatic heterocycles. The molecule has 0 atom stereocenters. The van der Waals surface area contributed by atoms with Gasteiger partial charge >= 0.3 is 0 Å². The van der Waals surface area contributed by atoms with Crippen LogP contribution >= 0.6 is 0 Å². The minimum atomic E-state index is -0.622. The van der Waals surface area contributed by atoms with Crippen LogP contribution in [0.1, 0.15) is 101 Å². The molecule has 44 heavy (non-hydrogen) atoms. The van der Waals surface area contributed by atoms with Crippen molar-refractivity contribution < 1.29 is 9.47 Å². The van der Waals surface area contributed by atoms with Crippen LogP contribution in [-0.2, 0) is 9.47 Å². The second-order valence-electron chi connectivity index (χ2n) is 13.9. The third kappa shape index (κ3) is 10.9. The number of ether oxygens (including phenoxy) is 2. The van der Waals surface area contributed by atoms with Gasteiger partial charge in [0.25, 0.3) is 0 Å². The molecule has 0 spiro atoms. The van der Waals surface area contributed by atoms with E-state index in [0.29, 0.717) is 0 Å². The zero-order valence-corrected chi connectivity index (χ0v) is 29.9. The van der Waals surface area contributed by atoms with Crippen LogP contribution in [0, 0.1) is 10.8 Å². The Hall–Kier alpha value is -2.94. The predicted octanol–water partition coefficient (Wildman–Crippen LogP) is 12.2. The van der Waals surface area contributed by atoms with E-state index in [0.717, 1.165) is 18.4 Å². The summed E-state index contributed by atoms with van der Waals surface area (Å²) in [5, 5.41) is 0. The first-order chi connectivity index (χ1) is 20.7. The zero-order valence-electron chi connectivity index (χ0n) is 29.9. The maximum atomic E-state index is 5.81. The summed E-state index contributed by atoms with van der Waals surface area (Å²) in [5.41, 5.74) is 10.7. The molecule has 2 aliphatic carbocycles. The average molecular weight is 597 g/mol. The number of hydrogen-bond donors (Lipinski definition) is 0. The van der Waals surface area contributed by atoms with Crippen molar-refractivity contribution in [1.29, 1.82) is 0 Å². The molecular weight excluding hydrogens is 536 g/mol. The van der Waals surface area contributed by atoms with E-state index >= 15 is 0 Å². The highest BCUT2D eigenvalue weighted by Gasteiger charge is 2.42. The van der Waals surface area contributed by atoms with E-state index in [9.17, 15) is 0 Å². The number of hydrogen-bond acceptors (Lipinski definition) is 2. The second kappa shape index (κ2) is 16.9. The number of allylic oxidation sites excluding steroid dienone is 21. The van der Waals surface area contributed by atoms with Crippen LogP contribution in [0.4, 0.5) is 0 Å². The van der Waals surface area contributed by atoms with Gasteiger partial charge in [-0.15, -0.1) is 0 Å². The van der Waals surface area contributed by atoms with Gasteiger partial charge in [-0.3, -0.25) is 0 Å². The summed E-state index contributed by atoms with van der Waals surface area (Å²) in [6, 6.07) is 0. The standard InChI is InChI=1S/C42H60O2/c1-32(20-15-22-34(3)25-27-38-36(5)24-17-29-40(38,7)8)18-13-14-19-33(2)21-16-23-35(4)26-28-39-37(6)42(43-11,44-12)31-30-41(39,9)10/h13-16,18-23,25-28H,17,24,29-31H2,1-12H3/b14-13+,20-15+,21-16+,27-25+,28-26+,32-18+,33-19+,34-22+,35-23+. The molecule has 2 heteroatoms. The Morgan fingerprint density at radius 1 is 0.568 bits per heavy atom. The van der Waals surface area contributed by atoms with Crippen molar-refractivity contribution in [2.24, 2.45) is 10.8 Å². The van der Waals surface area contributed by atoms with Gasteiger partial charge in [0.2, 0.25) is 0 Å². The quantitative estimate of drug-likeness (QED) is 0.165. The van der Waals surface area contributed by atoms with Crippen molar-refractivity contribution >= 4 is 0 Å². The maximum Gasteiger partial charge on any atom is 0.190 e. The average Bonchev–Trinajstić information content (AvgIpc) is 2.95. The van der Waals surface area contributed by atoms with Crippen LogP contribution in [-0.4, -0.2) is 20.0 Å². The van der Waals surface area contributed by atoms with Crippen molar-refractivity contribution in [1.82, 2.24) is 0 Å². The van der Waals surface area contributed by atoms with Gasteiger partial charge in [-0.2, -0.15) is 0 Å². The monoisotopic (exact) mass is 596 g/mol. The fraction of sp³-hybridized carbons (Fsp3) is 0.476. The molecule has 0 aromatic carbocycles. The van der Waals surface area contributed by atoms with E-state index in [2.05, 4.69) is 154 Å². The Morgan fingerprint density at radius 3 is 1.48 bits per heavy atom. The third-order valence-electron chi connectivity index (χ3n) is 9.28. The van der Waals surface area contributed by atoms with E-state index < -0.39 is 5.79 Å². The molecule has 0 saturated carbocycles. The molecule has 240 valence electrons. The van der Waals surface area contributed by atoms with Crippen molar-refractivity contribution in [2.75, 3.05) is 14.2 Å². The summed E-state index contributed by atoms with van der Waals surface area (Å²) in [4.78, 5) is 0. The summed E-state index contributed by atoms with van der Waals surface area (Å²) >= 11 is 0. The number of rotatable bonds is 12. The zero-order chi connectivity index (χ0) is 33.0. The Bertz CT molecular complexity index is 1330. The topological polar surface area (TPSA) is 18.5 Å². The molecule has 0 aromatic rings. The van der Waals surface area contributed by atoms with Crippen LogP contribution in [0.25, 0.3) is 0 Å². The van der Waals surface area contributed by atoms with Gasteiger partial charge in [-0.1, -0.05) is 141 Å². The van der Waals surface area contributed by atoms with Crippen LogP contribution < -0.4 is 0 Å². The highest BCUT2D eigenvalue weighted by molar-refractivity contribution is 5.40. The van der Waals surface area contributed by atoms with E-state index in [4.69, 9.17) is 9.47 Å². The van der Waals surface area contributed by atoms with E-state index in [1.807, 2.05) is 0 Å². The third-order valence-corrected chi connectivity index (χ3v) is 9.28. The summed E-state index contributed by atoms with van der Waals surface area (Å²) in [6.07, 6.45) is 36.1. The SMILES string of the molecule is COC1(OC)CCC(C)(C)C(/C=C/C(C)=C/C=C/C(C)=C/C=C/C=C(C)/C=C/C=C(C)/C=C/C2=C(C)CCCC2(C)C)=C1C. The Kier molecular flexibility index (Phi) is 14.3. The Morgan fingerprint density at radius 2 is 1.00 bits per heavy atom. The normalized spacial score (nSPS) is 22.3. The molecule has 0 fully saturated rings. The lowest BCUT2D eigenvalue weighted by molar-refractivity contribution is -0.190. The largest absolute Gasteiger partial charge is 0.349 e. The van der Waals surface area contributed by atoms with Crippen LogP contribution in [0.15, 0.2) is 130 Å². The first-order valence-electron chi connectivity index (χ1n) is 16.3. The fourth-order valence-corrected chi connectivity index (χ4v) is 6.24.